The number of nitrogens with one attached hydrogen (secondary N) is 2. The summed E-state index contributed by atoms with van der Waals surface area (Å²) >= 11 is 0. The first kappa shape index (κ1) is 51.3. The number of carbonyl (C=O) groups is 5. The lowest BCUT2D eigenvalue weighted by atomic mass is 9.84. The molecular weight excluding hydrogens is 899 g/mol. The summed E-state index contributed by atoms with van der Waals surface area (Å²) in [5.74, 6) is -2.57. The minimum Gasteiger partial charge on any atom is -0.464 e. The first-order chi connectivity index (χ1) is 33.9. The lowest BCUT2D eigenvalue weighted by molar-refractivity contribution is -0.155. The molecule has 0 unspecified atom stereocenters. The third-order valence-electron chi connectivity index (χ3n) is 15.1. The van der Waals surface area contributed by atoms with E-state index in [9.17, 15) is 24.0 Å². The zero-order valence-corrected chi connectivity index (χ0v) is 43.1. The number of likely N-dealkylation sites (tertiary alicyclic amines) is 1. The van der Waals surface area contributed by atoms with E-state index in [-0.39, 0.29) is 43.4 Å². The lowest BCUT2D eigenvalue weighted by Crippen LogP contribution is -2.62. The number of ether oxygens (including phenoxy) is 2. The Hall–Kier alpha value is -6.10. The number of cyclic esters (lactones) is 1. The normalized spacial score (nSPS) is 21.9. The van der Waals surface area contributed by atoms with Gasteiger partial charge in [-0.3, -0.25) is 34.0 Å². The zero-order chi connectivity index (χ0) is 50.9. The molecule has 6 bridgehead atoms. The average molecular weight is 972 g/mol. The molecule has 4 aliphatic rings. The molecular formula is C55H73N9O7. The van der Waals surface area contributed by atoms with E-state index in [1.165, 1.54) is 16.0 Å². The van der Waals surface area contributed by atoms with Crippen LogP contribution in [0.2, 0.25) is 0 Å². The van der Waals surface area contributed by atoms with E-state index < -0.39 is 47.2 Å². The largest absolute Gasteiger partial charge is 0.464 e. The molecule has 0 radical (unpaired) electrons. The first-order valence-corrected chi connectivity index (χ1v) is 25.3. The summed E-state index contributed by atoms with van der Waals surface area (Å²) in [4.78, 5) is 82.6. The monoisotopic (exact) mass is 972 g/mol. The van der Waals surface area contributed by atoms with Crippen LogP contribution in [-0.4, -0.2) is 151 Å². The standard InChI is InChI=1S/C55H73N9O7/c1-11-47(65)63-21-19-39(32-63)52(67)61(9)49(34(2)3)51(66)57-45-27-36-14-12-15-37(26-36)38-17-18-46-41(28-38)43(30-55(5,6)33-71-54(69)44-16-13-20-64(58-44)53(45)68)50(60(46)8)42-29-40(31-56-48(42)35(4)70-10)62-24-22-59(7)23-25-62/h11-12,14-15,17-18,26,28-29,31,34-35,39,44-45,49,58H,1,13,16,19-25,27,30,32-33H2,2-10H3,(H,57,66)/t35-,39-,44-,45-,49-/m0/s1. The van der Waals surface area contributed by atoms with Crippen LogP contribution in [0.1, 0.15) is 76.8 Å². The minimum atomic E-state index is -1.06. The van der Waals surface area contributed by atoms with Gasteiger partial charge in [0.2, 0.25) is 17.7 Å². The number of likely N-dealkylation sites (N-methyl/N-ethyl adjacent to an activating group) is 2. The molecule has 3 saturated heterocycles. The highest BCUT2D eigenvalue weighted by Crippen LogP contribution is 2.42. The van der Waals surface area contributed by atoms with Crippen LogP contribution in [0.3, 0.4) is 0 Å². The third-order valence-corrected chi connectivity index (χ3v) is 15.1. The second-order valence-electron chi connectivity index (χ2n) is 21.3. The smallest absolute Gasteiger partial charge is 0.324 e. The number of benzene rings is 2. The number of hydrazine groups is 1. The molecule has 4 amide bonds. The van der Waals surface area contributed by atoms with Crippen molar-refractivity contribution in [2.45, 2.75) is 91.0 Å². The van der Waals surface area contributed by atoms with E-state index in [1.54, 1.807) is 19.1 Å². The van der Waals surface area contributed by atoms with Gasteiger partial charge in [0, 0.05) is 95.3 Å². The number of nitrogens with zero attached hydrogens (tertiary/aromatic N) is 7. The van der Waals surface area contributed by atoms with Crippen molar-refractivity contribution >= 4 is 46.2 Å². The minimum absolute atomic E-state index is 0.126. The SMILES string of the molecule is C=CC(=O)N1CC[C@H](C(=O)N(C)[C@H](C(=O)N[C@H]2Cc3cccc(c3)-c3ccc4c(c3)c(c(-c3cc(N5CCN(C)CC5)cnc3[C@H](C)OC)n4C)CC(C)(C)COC(=O)[C@@H]3CCCN(N3)C2=O)C(C)C)C1. The highest BCUT2D eigenvalue weighted by molar-refractivity contribution is 5.96. The number of rotatable bonds is 10. The van der Waals surface area contributed by atoms with Crippen LogP contribution in [0.4, 0.5) is 5.69 Å². The fraction of sp³-hybridized carbons (Fsp3) is 0.527. The van der Waals surface area contributed by atoms with Crippen molar-refractivity contribution in [2.24, 2.45) is 24.3 Å². The summed E-state index contributed by atoms with van der Waals surface area (Å²) in [6.07, 6.45) is 5.13. The summed E-state index contributed by atoms with van der Waals surface area (Å²) in [5, 5.41) is 5.58. The van der Waals surface area contributed by atoms with Crippen molar-refractivity contribution < 1.29 is 33.4 Å². The van der Waals surface area contributed by atoms with Gasteiger partial charge in [-0.05, 0) is 92.1 Å². The van der Waals surface area contributed by atoms with Gasteiger partial charge in [-0.25, -0.2) is 5.43 Å². The predicted molar refractivity (Wildman–Crippen MR) is 275 cm³/mol. The van der Waals surface area contributed by atoms with E-state index >= 15 is 0 Å². The molecule has 380 valence electrons. The van der Waals surface area contributed by atoms with Crippen molar-refractivity contribution in [3.63, 3.8) is 0 Å². The molecule has 0 saturated carbocycles. The summed E-state index contributed by atoms with van der Waals surface area (Å²) in [6, 6.07) is 14.1. The van der Waals surface area contributed by atoms with Crippen molar-refractivity contribution in [2.75, 3.05) is 78.5 Å². The number of hydrogen-bond acceptors (Lipinski definition) is 11. The number of pyridine rings is 1. The Labute approximate surface area is 418 Å². The van der Waals surface area contributed by atoms with Crippen LogP contribution in [-0.2, 0) is 53.3 Å². The van der Waals surface area contributed by atoms with Crippen LogP contribution >= 0.6 is 0 Å². The molecule has 3 fully saturated rings. The fourth-order valence-corrected chi connectivity index (χ4v) is 11.0. The summed E-state index contributed by atoms with van der Waals surface area (Å²) < 4.78 is 14.4. The zero-order valence-electron chi connectivity index (χ0n) is 43.1. The molecule has 4 aliphatic heterocycles. The average Bonchev–Trinajstić information content (AvgIpc) is 3.96. The van der Waals surface area contributed by atoms with Crippen LogP contribution in [0, 0.1) is 17.3 Å². The molecule has 4 aromatic rings. The van der Waals surface area contributed by atoms with Gasteiger partial charge in [0.15, 0.2) is 0 Å². The Morgan fingerprint density at radius 1 is 0.986 bits per heavy atom. The number of hydrogen-bond donors (Lipinski definition) is 2. The van der Waals surface area contributed by atoms with Crippen LogP contribution < -0.4 is 15.6 Å². The highest BCUT2D eigenvalue weighted by atomic mass is 16.5. The van der Waals surface area contributed by atoms with E-state index in [4.69, 9.17) is 14.5 Å². The Balaban J connectivity index is 1.19. The van der Waals surface area contributed by atoms with Crippen LogP contribution in [0.25, 0.3) is 33.3 Å². The van der Waals surface area contributed by atoms with Gasteiger partial charge in [-0.15, -0.1) is 0 Å². The number of methoxy groups -OCH3 is 1. The van der Waals surface area contributed by atoms with Crippen LogP contribution in [0.5, 0.6) is 0 Å². The molecule has 16 nitrogen and oxygen atoms in total. The number of anilines is 1. The maximum absolute atomic E-state index is 14.8. The molecule has 8 rings (SSSR count). The first-order valence-electron chi connectivity index (χ1n) is 25.3. The van der Waals surface area contributed by atoms with E-state index in [1.807, 2.05) is 39.1 Å². The summed E-state index contributed by atoms with van der Waals surface area (Å²) in [7, 11) is 7.58. The van der Waals surface area contributed by atoms with Crippen molar-refractivity contribution in [3.05, 3.63) is 84.2 Å². The molecule has 2 aromatic heterocycles. The van der Waals surface area contributed by atoms with E-state index in [0.29, 0.717) is 38.8 Å². The maximum atomic E-state index is 14.8. The molecule has 5 atom stereocenters. The summed E-state index contributed by atoms with van der Waals surface area (Å²) in [6.45, 7) is 18.4. The van der Waals surface area contributed by atoms with Gasteiger partial charge in [-0.2, -0.15) is 0 Å². The van der Waals surface area contributed by atoms with Gasteiger partial charge >= 0.3 is 5.97 Å². The fourth-order valence-electron chi connectivity index (χ4n) is 11.0. The third kappa shape index (κ3) is 10.9. The number of carbonyl (C=O) groups excluding carboxylic acids is 5. The summed E-state index contributed by atoms with van der Waals surface area (Å²) in [5.41, 5.74) is 11.5. The Bertz CT molecular complexity index is 2670. The van der Waals surface area contributed by atoms with E-state index in [2.05, 4.69) is 96.0 Å². The van der Waals surface area contributed by atoms with E-state index in [0.717, 1.165) is 82.0 Å². The number of amides is 4. The number of piperazine rings is 1. The Kier molecular flexibility index (Phi) is 15.4. The van der Waals surface area contributed by atoms with Gasteiger partial charge in [0.25, 0.3) is 5.91 Å². The number of aromatic nitrogens is 2. The van der Waals surface area contributed by atoms with Crippen LogP contribution in [0.15, 0.2) is 67.4 Å². The van der Waals surface area contributed by atoms with Gasteiger partial charge < -0.3 is 39.0 Å². The maximum Gasteiger partial charge on any atom is 0.324 e. The lowest BCUT2D eigenvalue weighted by Gasteiger charge is -2.37. The second kappa shape index (κ2) is 21.3. The van der Waals surface area contributed by atoms with Crippen molar-refractivity contribution in [1.82, 2.24) is 40.0 Å². The molecule has 16 heteroatoms. The number of aryl methyl sites for hydroxylation is 1. The molecule has 2 N–H and O–H groups in total. The molecule has 6 heterocycles. The van der Waals surface area contributed by atoms with Crippen molar-refractivity contribution in [1.29, 1.82) is 0 Å². The second-order valence-corrected chi connectivity index (χ2v) is 21.3. The quantitative estimate of drug-likeness (QED) is 0.152. The molecule has 0 aliphatic carbocycles. The van der Waals surface area contributed by atoms with Gasteiger partial charge in [-0.1, -0.05) is 64.6 Å². The van der Waals surface area contributed by atoms with Gasteiger partial charge in [0.05, 0.1) is 41.9 Å². The number of esters is 1. The topological polar surface area (TPSA) is 162 Å². The number of fused-ring (bicyclic) bond motifs is 6. The Morgan fingerprint density at radius 3 is 2.45 bits per heavy atom. The molecule has 2 aromatic carbocycles. The van der Waals surface area contributed by atoms with Gasteiger partial charge in [0.1, 0.15) is 18.1 Å². The Morgan fingerprint density at radius 2 is 1.73 bits per heavy atom. The predicted octanol–water partition coefficient (Wildman–Crippen LogP) is 5.53. The van der Waals surface area contributed by atoms with Crippen molar-refractivity contribution in [3.8, 4) is 22.4 Å². The molecule has 71 heavy (non-hydrogen) atoms. The molecule has 0 spiro atoms. The highest BCUT2D eigenvalue weighted by Gasteiger charge is 2.40.